The second-order valence-corrected chi connectivity index (χ2v) is 6.68. The number of hydrogen-bond acceptors (Lipinski definition) is 4. The molecule has 0 unspecified atom stereocenters. The lowest BCUT2D eigenvalue weighted by Gasteiger charge is -2.33. The van der Waals surface area contributed by atoms with Crippen LogP contribution in [-0.2, 0) is 0 Å². The van der Waals surface area contributed by atoms with Gasteiger partial charge in [0.25, 0.3) is 5.91 Å². The first-order valence-electron chi connectivity index (χ1n) is 8.15. The van der Waals surface area contributed by atoms with Gasteiger partial charge in [0.1, 0.15) is 0 Å². The fraction of sp³-hybridized carbons (Fsp3) is 0.471. The molecular weight excluding hydrogens is 328 g/mol. The highest BCUT2D eigenvalue weighted by molar-refractivity contribution is 6.32. The maximum absolute atomic E-state index is 12.7. The third kappa shape index (κ3) is 3.44. The summed E-state index contributed by atoms with van der Waals surface area (Å²) in [6, 6.07) is 7.48. The van der Waals surface area contributed by atoms with Gasteiger partial charge in [0.05, 0.1) is 16.9 Å². The third-order valence-corrected chi connectivity index (χ3v) is 5.07. The lowest BCUT2D eigenvalue weighted by Crippen LogP contribution is -2.40. The maximum atomic E-state index is 12.7. The number of aliphatic hydroxyl groups is 1. The van der Waals surface area contributed by atoms with Crippen LogP contribution in [0.15, 0.2) is 30.5 Å². The Morgan fingerprint density at radius 2 is 2.04 bits per heavy atom. The Balaban J connectivity index is 1.71. The number of para-hydroxylation sites is 1. The molecule has 128 valence electrons. The average Bonchev–Trinajstić information content (AvgIpc) is 3.11. The van der Waals surface area contributed by atoms with Crippen molar-refractivity contribution in [3.63, 3.8) is 0 Å². The molecule has 3 rings (SSSR count). The first-order valence-corrected chi connectivity index (χ1v) is 8.53. The van der Waals surface area contributed by atoms with Crippen molar-refractivity contribution in [2.45, 2.75) is 31.7 Å². The number of rotatable bonds is 4. The zero-order valence-corrected chi connectivity index (χ0v) is 14.4. The van der Waals surface area contributed by atoms with Crippen molar-refractivity contribution in [1.82, 2.24) is 19.9 Å². The zero-order chi connectivity index (χ0) is 17.1. The second kappa shape index (κ2) is 7.32. The molecule has 1 saturated carbocycles. The van der Waals surface area contributed by atoms with E-state index < -0.39 is 0 Å². The van der Waals surface area contributed by atoms with Gasteiger partial charge in [-0.05, 0) is 43.7 Å². The molecule has 1 aromatic heterocycles. The van der Waals surface area contributed by atoms with E-state index in [1.54, 1.807) is 24.2 Å². The maximum Gasteiger partial charge on any atom is 0.276 e. The van der Waals surface area contributed by atoms with E-state index in [1.165, 1.54) is 4.68 Å². The Bertz CT molecular complexity index is 710. The highest BCUT2D eigenvalue weighted by atomic mass is 35.5. The SMILES string of the molecule is CN(C(=O)c1cn(-c2ccccc2Cl)nn1)C1CCC(CO)CC1. The number of nitrogens with zero attached hydrogens (tertiary/aromatic N) is 4. The number of aromatic nitrogens is 3. The lowest BCUT2D eigenvalue weighted by atomic mass is 9.86. The molecule has 1 aliphatic rings. The Morgan fingerprint density at radius 1 is 1.33 bits per heavy atom. The molecule has 0 spiro atoms. The van der Waals surface area contributed by atoms with Crippen molar-refractivity contribution in [3.8, 4) is 5.69 Å². The Labute approximate surface area is 146 Å². The molecule has 1 heterocycles. The summed E-state index contributed by atoms with van der Waals surface area (Å²) in [5.74, 6) is 0.228. The fourth-order valence-corrected chi connectivity index (χ4v) is 3.40. The molecule has 7 heteroatoms. The molecule has 0 radical (unpaired) electrons. The average molecular weight is 349 g/mol. The minimum absolute atomic E-state index is 0.138. The van der Waals surface area contributed by atoms with Crippen LogP contribution in [0.2, 0.25) is 5.02 Å². The molecule has 1 N–H and O–H groups in total. The predicted molar refractivity (Wildman–Crippen MR) is 91.3 cm³/mol. The van der Waals surface area contributed by atoms with Gasteiger partial charge in [-0.1, -0.05) is 28.9 Å². The number of carbonyl (C=O) groups excluding carboxylic acids is 1. The number of amides is 1. The van der Waals surface area contributed by atoms with E-state index in [9.17, 15) is 9.90 Å². The number of carbonyl (C=O) groups is 1. The summed E-state index contributed by atoms with van der Waals surface area (Å²) in [5.41, 5.74) is 0.999. The lowest BCUT2D eigenvalue weighted by molar-refractivity contribution is 0.0647. The topological polar surface area (TPSA) is 71.2 Å². The van der Waals surface area contributed by atoms with Crippen molar-refractivity contribution in [2.24, 2.45) is 5.92 Å². The molecule has 2 aromatic rings. The Morgan fingerprint density at radius 3 is 2.71 bits per heavy atom. The molecule has 1 amide bonds. The van der Waals surface area contributed by atoms with Gasteiger partial charge in [-0.25, -0.2) is 4.68 Å². The number of hydrogen-bond donors (Lipinski definition) is 1. The highest BCUT2D eigenvalue weighted by Crippen LogP contribution is 2.27. The minimum atomic E-state index is -0.138. The van der Waals surface area contributed by atoms with Crippen LogP contribution in [0.5, 0.6) is 0 Å². The first-order chi connectivity index (χ1) is 11.6. The van der Waals surface area contributed by atoms with E-state index in [2.05, 4.69) is 10.3 Å². The van der Waals surface area contributed by atoms with Crippen LogP contribution >= 0.6 is 11.6 Å². The first kappa shape index (κ1) is 16.9. The van der Waals surface area contributed by atoms with Crippen molar-refractivity contribution >= 4 is 17.5 Å². The summed E-state index contributed by atoms with van der Waals surface area (Å²) in [4.78, 5) is 14.4. The monoisotopic (exact) mass is 348 g/mol. The molecule has 1 aromatic carbocycles. The van der Waals surface area contributed by atoms with Crippen LogP contribution in [0.3, 0.4) is 0 Å². The minimum Gasteiger partial charge on any atom is -0.396 e. The molecule has 6 nitrogen and oxygen atoms in total. The van der Waals surface area contributed by atoms with Gasteiger partial charge < -0.3 is 10.0 Å². The Hall–Kier alpha value is -1.92. The second-order valence-electron chi connectivity index (χ2n) is 6.27. The molecule has 1 fully saturated rings. The number of halogens is 1. The van der Waals surface area contributed by atoms with Gasteiger partial charge in [0.15, 0.2) is 5.69 Å². The van der Waals surface area contributed by atoms with Gasteiger partial charge in [-0.3, -0.25) is 4.79 Å². The van der Waals surface area contributed by atoms with Gasteiger partial charge in [-0.15, -0.1) is 5.10 Å². The number of aliphatic hydroxyl groups excluding tert-OH is 1. The number of benzene rings is 1. The molecule has 0 saturated heterocycles. The summed E-state index contributed by atoms with van der Waals surface area (Å²) in [6.45, 7) is 0.233. The van der Waals surface area contributed by atoms with Crippen molar-refractivity contribution in [3.05, 3.63) is 41.2 Å². The summed E-state index contributed by atoms with van der Waals surface area (Å²) in [7, 11) is 1.81. The summed E-state index contributed by atoms with van der Waals surface area (Å²) >= 11 is 6.15. The molecule has 0 aliphatic heterocycles. The van der Waals surface area contributed by atoms with E-state index in [1.807, 2.05) is 18.2 Å². The van der Waals surface area contributed by atoms with Crippen LogP contribution in [0, 0.1) is 5.92 Å². The third-order valence-electron chi connectivity index (χ3n) is 4.75. The summed E-state index contributed by atoms with van der Waals surface area (Å²) in [5, 5.41) is 17.8. The standard InChI is InChI=1S/C17H21ClN4O2/c1-21(13-8-6-12(11-23)7-9-13)17(24)15-10-22(20-19-15)16-5-3-2-4-14(16)18/h2-5,10,12-13,23H,6-9,11H2,1H3. The van der Waals surface area contributed by atoms with Crippen LogP contribution in [0.25, 0.3) is 5.69 Å². The van der Waals surface area contributed by atoms with Crippen LogP contribution in [-0.4, -0.2) is 50.6 Å². The van der Waals surface area contributed by atoms with Crippen LogP contribution in [0.4, 0.5) is 0 Å². The van der Waals surface area contributed by atoms with Gasteiger partial charge >= 0.3 is 0 Å². The van der Waals surface area contributed by atoms with Gasteiger partial charge in [0.2, 0.25) is 0 Å². The van der Waals surface area contributed by atoms with Crippen molar-refractivity contribution < 1.29 is 9.90 Å². The van der Waals surface area contributed by atoms with Crippen LogP contribution < -0.4 is 0 Å². The molecular formula is C17H21ClN4O2. The van der Waals surface area contributed by atoms with Crippen molar-refractivity contribution in [1.29, 1.82) is 0 Å². The summed E-state index contributed by atoms with van der Waals surface area (Å²) < 4.78 is 1.52. The van der Waals surface area contributed by atoms with E-state index >= 15 is 0 Å². The molecule has 0 bridgehead atoms. The van der Waals surface area contributed by atoms with Crippen molar-refractivity contribution in [2.75, 3.05) is 13.7 Å². The van der Waals surface area contributed by atoms with E-state index in [0.29, 0.717) is 22.3 Å². The van der Waals surface area contributed by atoms with E-state index in [-0.39, 0.29) is 18.6 Å². The van der Waals surface area contributed by atoms with E-state index in [4.69, 9.17) is 11.6 Å². The normalized spacial score (nSPS) is 20.8. The largest absolute Gasteiger partial charge is 0.396 e. The Kier molecular flexibility index (Phi) is 5.16. The zero-order valence-electron chi connectivity index (χ0n) is 13.6. The van der Waals surface area contributed by atoms with E-state index in [0.717, 1.165) is 25.7 Å². The highest BCUT2D eigenvalue weighted by Gasteiger charge is 2.28. The van der Waals surface area contributed by atoms with Crippen LogP contribution in [0.1, 0.15) is 36.2 Å². The smallest absolute Gasteiger partial charge is 0.276 e. The fourth-order valence-electron chi connectivity index (χ4n) is 3.18. The quantitative estimate of drug-likeness (QED) is 0.921. The predicted octanol–water partition coefficient (Wildman–Crippen LogP) is 2.54. The molecule has 24 heavy (non-hydrogen) atoms. The molecule has 1 aliphatic carbocycles. The molecule has 0 atom stereocenters. The van der Waals surface area contributed by atoms with Gasteiger partial charge in [-0.2, -0.15) is 0 Å². The van der Waals surface area contributed by atoms with Gasteiger partial charge in [0, 0.05) is 19.7 Å². The summed E-state index contributed by atoms with van der Waals surface area (Å²) in [6.07, 6.45) is 5.33.